The molecule has 0 spiro atoms. The van der Waals surface area contributed by atoms with E-state index in [0.29, 0.717) is 23.0 Å². The lowest BCUT2D eigenvalue weighted by molar-refractivity contribution is 0.00867. The molecule has 3 heterocycles. The van der Waals surface area contributed by atoms with Crippen LogP contribution in [0, 0.1) is 5.92 Å². The monoisotopic (exact) mass is 422 g/mol. The number of nitrogens with one attached hydrogen (secondary N) is 2. The first-order chi connectivity index (χ1) is 14.1. The minimum atomic E-state index is 0.326. The number of hydrogen-bond acceptors (Lipinski definition) is 5. The van der Waals surface area contributed by atoms with Gasteiger partial charge < -0.3 is 20.3 Å². The Morgan fingerprint density at radius 2 is 2.14 bits per heavy atom. The van der Waals surface area contributed by atoms with Crippen LogP contribution in [0.1, 0.15) is 27.2 Å². The van der Waals surface area contributed by atoms with E-state index in [1.807, 2.05) is 12.1 Å². The summed E-state index contributed by atoms with van der Waals surface area (Å²) in [4.78, 5) is 14.1. The number of morpholine rings is 1. The van der Waals surface area contributed by atoms with Crippen LogP contribution in [0.4, 0.5) is 5.82 Å². The van der Waals surface area contributed by atoms with Crippen LogP contribution in [0.15, 0.2) is 23.3 Å². The number of nitrogens with zero attached hydrogens (tertiary/aromatic N) is 4. The molecule has 2 aliphatic heterocycles. The summed E-state index contributed by atoms with van der Waals surface area (Å²) in [5.41, 5.74) is 0. The highest BCUT2D eigenvalue weighted by atomic mass is 35.5. The highest BCUT2D eigenvalue weighted by molar-refractivity contribution is 6.32. The summed E-state index contributed by atoms with van der Waals surface area (Å²) >= 11 is 6.32. The highest BCUT2D eigenvalue weighted by Gasteiger charge is 2.26. The molecule has 2 aliphatic rings. The Labute approximate surface area is 179 Å². The number of anilines is 1. The van der Waals surface area contributed by atoms with Gasteiger partial charge in [-0.05, 0) is 31.4 Å². The number of guanidine groups is 1. The predicted molar refractivity (Wildman–Crippen MR) is 120 cm³/mol. The predicted octanol–water partition coefficient (Wildman–Crippen LogP) is 2.23. The van der Waals surface area contributed by atoms with Crippen molar-refractivity contribution in [2.45, 2.75) is 39.3 Å². The summed E-state index contributed by atoms with van der Waals surface area (Å²) in [7, 11) is 0. The molecule has 2 N–H and O–H groups in total. The third-order valence-corrected chi connectivity index (χ3v) is 5.93. The molecule has 0 aromatic carbocycles. The van der Waals surface area contributed by atoms with Crippen molar-refractivity contribution in [3.63, 3.8) is 0 Å². The van der Waals surface area contributed by atoms with Crippen molar-refractivity contribution < 1.29 is 4.74 Å². The third kappa shape index (κ3) is 6.20. The Morgan fingerprint density at radius 1 is 1.34 bits per heavy atom. The number of rotatable bonds is 7. The zero-order valence-corrected chi connectivity index (χ0v) is 18.7. The van der Waals surface area contributed by atoms with Gasteiger partial charge in [-0.15, -0.1) is 0 Å². The van der Waals surface area contributed by atoms with Gasteiger partial charge in [0.25, 0.3) is 0 Å². The van der Waals surface area contributed by atoms with E-state index in [1.165, 1.54) is 0 Å². The average molecular weight is 423 g/mol. The lowest BCUT2D eigenvalue weighted by Crippen LogP contribution is -2.49. The van der Waals surface area contributed by atoms with E-state index < -0.39 is 0 Å². The topological polar surface area (TPSA) is 65.0 Å². The van der Waals surface area contributed by atoms with Gasteiger partial charge in [0.05, 0.1) is 24.8 Å². The Bertz CT molecular complexity index is 664. The van der Waals surface area contributed by atoms with Crippen LogP contribution < -0.4 is 15.5 Å². The number of pyridine rings is 1. The summed E-state index contributed by atoms with van der Waals surface area (Å²) in [6.45, 7) is 13.7. The van der Waals surface area contributed by atoms with E-state index in [9.17, 15) is 0 Å². The van der Waals surface area contributed by atoms with Crippen LogP contribution in [-0.4, -0.2) is 80.4 Å². The molecule has 0 radical (unpaired) electrons. The largest absolute Gasteiger partial charge is 0.379 e. The maximum atomic E-state index is 6.32. The zero-order valence-electron chi connectivity index (χ0n) is 17.9. The minimum absolute atomic E-state index is 0.326. The van der Waals surface area contributed by atoms with Crippen LogP contribution >= 0.6 is 11.6 Å². The Morgan fingerprint density at radius 3 is 2.83 bits per heavy atom. The van der Waals surface area contributed by atoms with Crippen molar-refractivity contribution in [1.29, 1.82) is 0 Å². The molecule has 2 atom stereocenters. The molecule has 0 saturated carbocycles. The second kappa shape index (κ2) is 11.0. The molecular weight excluding hydrogens is 388 g/mol. The van der Waals surface area contributed by atoms with Gasteiger partial charge in [0, 0.05) is 51.0 Å². The molecule has 2 fully saturated rings. The average Bonchev–Trinajstić information content (AvgIpc) is 3.17. The first-order valence-corrected chi connectivity index (χ1v) is 11.2. The highest BCUT2D eigenvalue weighted by Crippen LogP contribution is 2.25. The molecule has 8 heteroatoms. The second-order valence-corrected chi connectivity index (χ2v) is 8.47. The molecule has 1 aromatic heterocycles. The molecule has 0 aliphatic carbocycles. The Kier molecular flexibility index (Phi) is 8.39. The van der Waals surface area contributed by atoms with Crippen LogP contribution in [-0.2, 0) is 4.74 Å². The van der Waals surface area contributed by atoms with Gasteiger partial charge in [-0.1, -0.05) is 25.4 Å². The Balaban J connectivity index is 1.59. The first kappa shape index (κ1) is 22.1. The van der Waals surface area contributed by atoms with Gasteiger partial charge in [-0.25, -0.2) is 4.98 Å². The van der Waals surface area contributed by atoms with Gasteiger partial charge in [0.2, 0.25) is 0 Å². The number of halogens is 1. The van der Waals surface area contributed by atoms with Crippen molar-refractivity contribution in [2.75, 3.05) is 57.4 Å². The summed E-state index contributed by atoms with van der Waals surface area (Å²) in [5, 5.41) is 7.73. The van der Waals surface area contributed by atoms with Crippen LogP contribution in [0.3, 0.4) is 0 Å². The van der Waals surface area contributed by atoms with Crippen molar-refractivity contribution in [1.82, 2.24) is 20.5 Å². The SMILES string of the molecule is CCNC(=NCC(C(C)C)N1CCOCC1)NC1CCN(c2ncccc2Cl)C1. The minimum Gasteiger partial charge on any atom is -0.379 e. The molecule has 7 nitrogen and oxygen atoms in total. The Hall–Kier alpha value is -1.57. The molecule has 2 saturated heterocycles. The van der Waals surface area contributed by atoms with Gasteiger partial charge in [-0.3, -0.25) is 9.89 Å². The quantitative estimate of drug-likeness (QED) is 0.519. The van der Waals surface area contributed by atoms with Crippen molar-refractivity contribution in [2.24, 2.45) is 10.9 Å². The molecule has 3 rings (SSSR count). The number of hydrogen-bond donors (Lipinski definition) is 2. The summed E-state index contributed by atoms with van der Waals surface area (Å²) in [6, 6.07) is 4.52. The van der Waals surface area contributed by atoms with Gasteiger partial charge in [-0.2, -0.15) is 0 Å². The van der Waals surface area contributed by atoms with Crippen molar-refractivity contribution in [3.8, 4) is 0 Å². The van der Waals surface area contributed by atoms with E-state index in [2.05, 4.69) is 46.2 Å². The molecule has 0 amide bonds. The number of aromatic nitrogens is 1. The maximum absolute atomic E-state index is 6.32. The molecule has 29 heavy (non-hydrogen) atoms. The lowest BCUT2D eigenvalue weighted by Gasteiger charge is -2.36. The summed E-state index contributed by atoms with van der Waals surface area (Å²) in [5.74, 6) is 2.31. The zero-order chi connectivity index (χ0) is 20.6. The molecular formula is C21H35ClN6O. The van der Waals surface area contributed by atoms with Crippen LogP contribution in [0.5, 0.6) is 0 Å². The summed E-state index contributed by atoms with van der Waals surface area (Å²) < 4.78 is 5.52. The fraction of sp³-hybridized carbons (Fsp3) is 0.714. The third-order valence-electron chi connectivity index (χ3n) is 5.63. The van der Waals surface area contributed by atoms with E-state index in [4.69, 9.17) is 21.3 Å². The van der Waals surface area contributed by atoms with E-state index in [0.717, 1.165) is 70.7 Å². The second-order valence-electron chi connectivity index (χ2n) is 8.06. The molecule has 162 valence electrons. The normalized spacial score (nSPS) is 22.2. The number of ether oxygens (including phenoxy) is 1. The van der Waals surface area contributed by atoms with E-state index in [-0.39, 0.29) is 0 Å². The van der Waals surface area contributed by atoms with Crippen molar-refractivity contribution in [3.05, 3.63) is 23.4 Å². The van der Waals surface area contributed by atoms with E-state index >= 15 is 0 Å². The van der Waals surface area contributed by atoms with Crippen molar-refractivity contribution >= 4 is 23.4 Å². The fourth-order valence-electron chi connectivity index (χ4n) is 4.04. The van der Waals surface area contributed by atoms with E-state index in [1.54, 1.807) is 6.20 Å². The summed E-state index contributed by atoms with van der Waals surface area (Å²) in [6.07, 6.45) is 2.83. The number of aliphatic imine (C=N–C) groups is 1. The molecule has 2 unspecified atom stereocenters. The fourth-order valence-corrected chi connectivity index (χ4v) is 4.28. The van der Waals surface area contributed by atoms with Crippen LogP contribution in [0.25, 0.3) is 0 Å². The van der Waals surface area contributed by atoms with Gasteiger partial charge in [0.15, 0.2) is 5.96 Å². The molecule has 1 aromatic rings. The smallest absolute Gasteiger partial charge is 0.191 e. The standard InChI is InChI=1S/C21H35ClN6O/c1-4-23-21(25-14-19(16(2)3)27-10-12-29-13-11-27)26-17-7-9-28(15-17)20-18(22)6-5-8-24-20/h5-6,8,16-17,19H,4,7,9-15H2,1-3H3,(H2,23,25,26). The molecule has 0 bridgehead atoms. The maximum Gasteiger partial charge on any atom is 0.191 e. The first-order valence-electron chi connectivity index (χ1n) is 10.8. The van der Waals surface area contributed by atoms with Crippen LogP contribution in [0.2, 0.25) is 5.02 Å². The van der Waals surface area contributed by atoms with Gasteiger partial charge >= 0.3 is 0 Å². The lowest BCUT2D eigenvalue weighted by atomic mass is 10.0. The van der Waals surface area contributed by atoms with Gasteiger partial charge in [0.1, 0.15) is 5.82 Å².